The second-order valence-electron chi connectivity index (χ2n) is 8.30. The molecule has 0 spiro atoms. The van der Waals surface area contributed by atoms with Crippen molar-refractivity contribution in [3.63, 3.8) is 0 Å². The fourth-order valence-corrected chi connectivity index (χ4v) is 3.96. The molecule has 0 saturated carbocycles. The van der Waals surface area contributed by atoms with Crippen LogP contribution in [0.5, 0.6) is 0 Å². The number of methoxy groups -OCH3 is 1. The Morgan fingerprint density at radius 3 is 2.22 bits per heavy atom. The number of esters is 1. The predicted octanol–water partition coefficient (Wildman–Crippen LogP) is 3.50. The number of rotatable bonds is 3. The summed E-state index contributed by atoms with van der Waals surface area (Å²) in [7, 11) is 3.01. The maximum Gasteiger partial charge on any atom is 0.337 e. The van der Waals surface area contributed by atoms with Crippen molar-refractivity contribution in [3.8, 4) is 0 Å². The van der Waals surface area contributed by atoms with Crippen molar-refractivity contribution in [2.24, 2.45) is 0 Å². The van der Waals surface area contributed by atoms with Gasteiger partial charge in [0.05, 0.1) is 30.3 Å². The van der Waals surface area contributed by atoms with E-state index in [-0.39, 0.29) is 16.7 Å². The Morgan fingerprint density at radius 2 is 1.63 bits per heavy atom. The van der Waals surface area contributed by atoms with Gasteiger partial charge < -0.3 is 9.64 Å². The van der Waals surface area contributed by atoms with E-state index in [9.17, 15) is 9.59 Å². The number of hydrogen-bond donors (Lipinski definition) is 0. The number of ether oxygens (including phenoxy) is 1. The average molecular weight is 367 g/mol. The predicted molar refractivity (Wildman–Crippen MR) is 103 cm³/mol. The molecular formula is C21H25N3O3. The minimum absolute atomic E-state index is 0.0525. The topological polar surface area (TPSA) is 72.4 Å². The van der Waals surface area contributed by atoms with E-state index in [1.807, 2.05) is 0 Å². The van der Waals surface area contributed by atoms with Crippen molar-refractivity contribution < 1.29 is 14.3 Å². The number of benzene rings is 1. The molecule has 1 aliphatic rings. The highest BCUT2D eigenvalue weighted by Crippen LogP contribution is 2.47. The van der Waals surface area contributed by atoms with E-state index in [0.29, 0.717) is 16.9 Å². The van der Waals surface area contributed by atoms with E-state index in [1.54, 1.807) is 37.5 Å². The summed E-state index contributed by atoms with van der Waals surface area (Å²) in [5, 5.41) is 0. The van der Waals surface area contributed by atoms with Gasteiger partial charge in [-0.15, -0.1) is 0 Å². The smallest absolute Gasteiger partial charge is 0.337 e. The number of carbonyl (C=O) groups excluding carboxylic acids is 2. The summed E-state index contributed by atoms with van der Waals surface area (Å²) >= 11 is 0. The molecule has 0 unspecified atom stereocenters. The third-order valence-electron chi connectivity index (χ3n) is 5.14. The van der Waals surface area contributed by atoms with E-state index in [0.717, 1.165) is 17.8 Å². The summed E-state index contributed by atoms with van der Waals surface area (Å²) < 4.78 is 4.69. The fourth-order valence-electron chi connectivity index (χ4n) is 3.96. The molecule has 1 amide bonds. The fraction of sp³-hybridized carbons (Fsp3) is 0.429. The first kappa shape index (κ1) is 19.0. The van der Waals surface area contributed by atoms with Crippen molar-refractivity contribution in [1.29, 1.82) is 0 Å². The van der Waals surface area contributed by atoms with Crippen LogP contribution >= 0.6 is 0 Å². The van der Waals surface area contributed by atoms with Crippen molar-refractivity contribution in [2.75, 3.05) is 19.1 Å². The highest BCUT2D eigenvalue weighted by Gasteiger charge is 2.44. The number of amides is 1. The molecule has 0 N–H and O–H groups in total. The Labute approximate surface area is 159 Å². The lowest BCUT2D eigenvalue weighted by Crippen LogP contribution is -2.28. The van der Waals surface area contributed by atoms with Gasteiger partial charge in [0.1, 0.15) is 5.69 Å². The molecule has 1 aromatic heterocycles. The lowest BCUT2D eigenvalue weighted by atomic mass is 9.83. The molecule has 3 rings (SSSR count). The van der Waals surface area contributed by atoms with Gasteiger partial charge in [0, 0.05) is 23.6 Å². The Balaban J connectivity index is 1.89. The Hall–Kier alpha value is -2.76. The van der Waals surface area contributed by atoms with Crippen molar-refractivity contribution in [1.82, 2.24) is 9.97 Å². The molecule has 1 aromatic carbocycles. The van der Waals surface area contributed by atoms with Gasteiger partial charge in [0.25, 0.3) is 5.91 Å². The molecule has 6 nitrogen and oxygen atoms in total. The molecule has 0 aliphatic heterocycles. The highest BCUT2D eigenvalue weighted by atomic mass is 16.5. The molecular weight excluding hydrogens is 342 g/mol. The summed E-state index contributed by atoms with van der Waals surface area (Å²) in [6, 6.07) is 6.67. The van der Waals surface area contributed by atoms with Gasteiger partial charge in [-0.05, 0) is 30.7 Å². The van der Waals surface area contributed by atoms with Gasteiger partial charge in [0.2, 0.25) is 0 Å². The highest BCUT2D eigenvalue weighted by molar-refractivity contribution is 6.04. The van der Waals surface area contributed by atoms with E-state index >= 15 is 0 Å². The second kappa shape index (κ2) is 6.44. The van der Waals surface area contributed by atoms with Gasteiger partial charge in [-0.3, -0.25) is 9.78 Å². The molecule has 0 atom stereocenters. The van der Waals surface area contributed by atoms with Crippen LogP contribution in [0.1, 0.15) is 66.4 Å². The van der Waals surface area contributed by atoms with Crippen LogP contribution in [0, 0.1) is 0 Å². The first-order chi connectivity index (χ1) is 12.6. The minimum atomic E-state index is -0.412. The van der Waals surface area contributed by atoms with Crippen LogP contribution in [0.4, 0.5) is 5.69 Å². The first-order valence-corrected chi connectivity index (χ1v) is 8.91. The van der Waals surface area contributed by atoms with Crippen LogP contribution < -0.4 is 4.90 Å². The SMILES string of the molecule is COC(=O)c1ccc(N(C)C(=O)c2cnc3c(n2)C(C)(C)CC3(C)C)cc1. The first-order valence-electron chi connectivity index (χ1n) is 8.91. The third kappa shape index (κ3) is 3.31. The zero-order valence-corrected chi connectivity index (χ0v) is 16.7. The van der Waals surface area contributed by atoms with Crippen LogP contribution in [-0.4, -0.2) is 36.0 Å². The molecule has 0 bridgehead atoms. The molecule has 1 aliphatic carbocycles. The molecule has 0 fully saturated rings. The summed E-state index contributed by atoms with van der Waals surface area (Å²) in [5.41, 5.74) is 3.10. The number of fused-ring (bicyclic) bond motifs is 1. The van der Waals surface area contributed by atoms with Gasteiger partial charge in [-0.1, -0.05) is 27.7 Å². The summed E-state index contributed by atoms with van der Waals surface area (Å²) in [4.78, 5) is 35.2. The molecule has 6 heteroatoms. The largest absolute Gasteiger partial charge is 0.465 e. The summed E-state index contributed by atoms with van der Waals surface area (Å²) in [6.45, 7) is 8.59. The normalized spacial score (nSPS) is 16.5. The summed E-state index contributed by atoms with van der Waals surface area (Å²) in [5.74, 6) is -0.651. The number of anilines is 1. The maximum absolute atomic E-state index is 12.9. The van der Waals surface area contributed by atoms with E-state index < -0.39 is 5.97 Å². The quantitative estimate of drug-likeness (QED) is 0.777. The van der Waals surface area contributed by atoms with Gasteiger partial charge in [-0.25, -0.2) is 9.78 Å². The molecule has 142 valence electrons. The number of nitrogens with zero attached hydrogens (tertiary/aromatic N) is 3. The Kier molecular flexibility index (Phi) is 4.54. The van der Waals surface area contributed by atoms with E-state index in [1.165, 1.54) is 12.0 Å². The zero-order chi connectivity index (χ0) is 20.0. The molecule has 0 saturated heterocycles. The third-order valence-corrected chi connectivity index (χ3v) is 5.14. The number of hydrogen-bond acceptors (Lipinski definition) is 5. The summed E-state index contributed by atoms with van der Waals surface area (Å²) in [6.07, 6.45) is 2.50. The van der Waals surface area contributed by atoms with Crippen LogP contribution in [0.15, 0.2) is 30.5 Å². The van der Waals surface area contributed by atoms with E-state index in [4.69, 9.17) is 4.74 Å². The number of carbonyl (C=O) groups is 2. The van der Waals surface area contributed by atoms with Crippen molar-refractivity contribution in [2.45, 2.75) is 44.9 Å². The van der Waals surface area contributed by atoms with Gasteiger partial charge in [-0.2, -0.15) is 0 Å². The van der Waals surface area contributed by atoms with Crippen LogP contribution in [0.25, 0.3) is 0 Å². The van der Waals surface area contributed by atoms with Gasteiger partial charge in [0.15, 0.2) is 0 Å². The maximum atomic E-state index is 12.9. The Bertz CT molecular complexity index is 901. The average Bonchev–Trinajstić information content (AvgIpc) is 2.83. The molecule has 27 heavy (non-hydrogen) atoms. The van der Waals surface area contributed by atoms with E-state index in [2.05, 4.69) is 37.7 Å². The van der Waals surface area contributed by atoms with Gasteiger partial charge >= 0.3 is 5.97 Å². The Morgan fingerprint density at radius 1 is 1.04 bits per heavy atom. The number of aromatic nitrogens is 2. The van der Waals surface area contributed by atoms with Crippen molar-refractivity contribution in [3.05, 3.63) is 53.1 Å². The van der Waals surface area contributed by atoms with Crippen LogP contribution in [-0.2, 0) is 15.6 Å². The second-order valence-corrected chi connectivity index (χ2v) is 8.30. The standard InChI is InChI=1S/C21H25N3O3/c1-20(2)12-21(3,4)17-16(20)22-11-15(23-17)18(25)24(5)14-9-7-13(8-10-14)19(26)27-6/h7-11H,12H2,1-6H3. The lowest BCUT2D eigenvalue weighted by Gasteiger charge is -2.21. The van der Waals surface area contributed by atoms with Crippen LogP contribution in [0.2, 0.25) is 0 Å². The molecule has 2 aromatic rings. The monoisotopic (exact) mass is 367 g/mol. The zero-order valence-electron chi connectivity index (χ0n) is 16.7. The minimum Gasteiger partial charge on any atom is -0.465 e. The van der Waals surface area contributed by atoms with Crippen molar-refractivity contribution >= 4 is 17.6 Å². The lowest BCUT2D eigenvalue weighted by molar-refractivity contribution is 0.0600. The molecule has 1 heterocycles. The van der Waals surface area contributed by atoms with Crippen LogP contribution in [0.3, 0.4) is 0 Å². The molecule has 0 radical (unpaired) electrons.